The molecule has 3 aromatic rings. The van der Waals surface area contributed by atoms with E-state index < -0.39 is 11.8 Å². The number of hydrazone groups is 1. The minimum absolute atomic E-state index is 0.182. The average molecular weight is 361 g/mol. The number of benzene rings is 3. The highest BCUT2D eigenvalue weighted by Crippen LogP contribution is 2.31. The third kappa shape index (κ3) is 3.57. The molecule has 0 aliphatic carbocycles. The van der Waals surface area contributed by atoms with Crippen molar-refractivity contribution < 1.29 is 19.1 Å². The molecule has 2 N–H and O–H groups in total. The van der Waals surface area contributed by atoms with Gasteiger partial charge in [-0.05, 0) is 35.2 Å². The highest BCUT2D eigenvalue weighted by atomic mass is 16.7. The van der Waals surface area contributed by atoms with Crippen LogP contribution in [0.1, 0.15) is 5.56 Å². The van der Waals surface area contributed by atoms with E-state index in [1.54, 1.807) is 24.3 Å². The first kappa shape index (κ1) is 16.6. The van der Waals surface area contributed by atoms with Gasteiger partial charge in [-0.3, -0.25) is 9.59 Å². The molecule has 7 nitrogen and oxygen atoms in total. The highest BCUT2D eigenvalue weighted by molar-refractivity contribution is 6.40. The molecule has 0 saturated heterocycles. The Morgan fingerprint density at radius 2 is 1.74 bits per heavy atom. The number of rotatable bonds is 3. The standard InChI is InChI=1S/C20H15N3O4/c24-19(22-16-7-3-5-14-4-1-2-6-15(14)16)20(25)23-21-11-13-8-9-17-18(10-13)27-12-26-17/h1-11H,12H2,(H,22,24)(H,23,25). The van der Waals surface area contributed by atoms with Crippen LogP contribution in [-0.2, 0) is 9.59 Å². The number of nitrogens with one attached hydrogen (secondary N) is 2. The van der Waals surface area contributed by atoms with Crippen LogP contribution in [0.4, 0.5) is 5.69 Å². The molecule has 1 heterocycles. The molecule has 2 amide bonds. The van der Waals surface area contributed by atoms with E-state index in [-0.39, 0.29) is 6.79 Å². The van der Waals surface area contributed by atoms with Crippen molar-refractivity contribution >= 4 is 34.5 Å². The summed E-state index contributed by atoms with van der Waals surface area (Å²) < 4.78 is 10.5. The Balaban J connectivity index is 1.40. The quantitative estimate of drug-likeness (QED) is 0.426. The maximum atomic E-state index is 12.1. The van der Waals surface area contributed by atoms with Gasteiger partial charge in [0.25, 0.3) is 0 Å². The Bertz CT molecular complexity index is 1060. The second kappa shape index (κ2) is 7.17. The SMILES string of the molecule is O=C(NN=Cc1ccc2c(c1)OCO2)C(=O)Nc1cccc2ccccc12. The van der Waals surface area contributed by atoms with Crippen LogP contribution in [0.5, 0.6) is 11.5 Å². The van der Waals surface area contributed by atoms with Gasteiger partial charge in [0, 0.05) is 11.1 Å². The first-order valence-electron chi connectivity index (χ1n) is 8.22. The van der Waals surface area contributed by atoms with Gasteiger partial charge in [-0.2, -0.15) is 5.10 Å². The van der Waals surface area contributed by atoms with Crippen molar-refractivity contribution in [3.8, 4) is 11.5 Å². The van der Waals surface area contributed by atoms with E-state index in [2.05, 4.69) is 15.8 Å². The molecule has 27 heavy (non-hydrogen) atoms. The van der Waals surface area contributed by atoms with E-state index in [1.165, 1.54) is 6.21 Å². The molecular weight excluding hydrogens is 346 g/mol. The first-order valence-corrected chi connectivity index (χ1v) is 8.22. The van der Waals surface area contributed by atoms with Gasteiger partial charge in [0.15, 0.2) is 11.5 Å². The molecule has 3 aromatic carbocycles. The number of fused-ring (bicyclic) bond motifs is 2. The summed E-state index contributed by atoms with van der Waals surface area (Å²) >= 11 is 0. The van der Waals surface area contributed by atoms with Crippen molar-refractivity contribution in [2.45, 2.75) is 0 Å². The van der Waals surface area contributed by atoms with E-state index in [0.717, 1.165) is 10.8 Å². The molecule has 0 bridgehead atoms. The van der Waals surface area contributed by atoms with Crippen LogP contribution in [0, 0.1) is 0 Å². The summed E-state index contributed by atoms with van der Waals surface area (Å²) in [7, 11) is 0. The third-order valence-electron chi connectivity index (χ3n) is 4.02. The van der Waals surface area contributed by atoms with E-state index in [4.69, 9.17) is 9.47 Å². The molecule has 1 aliphatic heterocycles. The monoisotopic (exact) mass is 361 g/mol. The van der Waals surface area contributed by atoms with E-state index in [1.807, 2.05) is 36.4 Å². The molecule has 1 aliphatic rings. The van der Waals surface area contributed by atoms with Crippen LogP contribution in [0.25, 0.3) is 10.8 Å². The van der Waals surface area contributed by atoms with Crippen molar-refractivity contribution in [2.24, 2.45) is 5.10 Å². The average Bonchev–Trinajstić information content (AvgIpc) is 3.16. The largest absolute Gasteiger partial charge is 0.454 e. The van der Waals surface area contributed by atoms with Crippen molar-refractivity contribution in [3.63, 3.8) is 0 Å². The zero-order chi connectivity index (χ0) is 18.6. The smallest absolute Gasteiger partial charge is 0.329 e. The lowest BCUT2D eigenvalue weighted by Gasteiger charge is -2.07. The van der Waals surface area contributed by atoms with E-state index in [9.17, 15) is 9.59 Å². The summed E-state index contributed by atoms with van der Waals surface area (Å²) in [6, 6.07) is 18.3. The van der Waals surface area contributed by atoms with Crippen LogP contribution < -0.4 is 20.2 Å². The molecule has 0 atom stereocenters. The summed E-state index contributed by atoms with van der Waals surface area (Å²) in [6.45, 7) is 0.182. The number of nitrogens with zero attached hydrogens (tertiary/aromatic N) is 1. The van der Waals surface area contributed by atoms with Gasteiger partial charge in [-0.1, -0.05) is 36.4 Å². The van der Waals surface area contributed by atoms with E-state index >= 15 is 0 Å². The molecule has 0 spiro atoms. The minimum atomic E-state index is -0.861. The van der Waals surface area contributed by atoms with Gasteiger partial charge in [0.1, 0.15) is 0 Å². The van der Waals surface area contributed by atoms with Gasteiger partial charge in [0.2, 0.25) is 6.79 Å². The van der Waals surface area contributed by atoms with Crippen LogP contribution in [0.15, 0.2) is 65.8 Å². The number of ether oxygens (including phenoxy) is 2. The third-order valence-corrected chi connectivity index (χ3v) is 4.02. The number of hydrogen-bond donors (Lipinski definition) is 2. The molecule has 0 aromatic heterocycles. The van der Waals surface area contributed by atoms with E-state index in [0.29, 0.717) is 22.7 Å². The Morgan fingerprint density at radius 1 is 0.926 bits per heavy atom. The number of amides is 2. The fourth-order valence-electron chi connectivity index (χ4n) is 2.72. The molecule has 0 fully saturated rings. The summed E-state index contributed by atoms with van der Waals surface area (Å²) in [5, 5.41) is 8.24. The van der Waals surface area contributed by atoms with Crippen molar-refractivity contribution in [3.05, 3.63) is 66.2 Å². The number of carbonyl (C=O) groups excluding carboxylic acids is 2. The van der Waals surface area contributed by atoms with Gasteiger partial charge in [-0.25, -0.2) is 5.43 Å². The van der Waals surface area contributed by atoms with Gasteiger partial charge >= 0.3 is 11.8 Å². The summed E-state index contributed by atoms with van der Waals surface area (Å²) in [6.07, 6.45) is 1.42. The molecule has 134 valence electrons. The predicted octanol–water partition coefficient (Wildman–Crippen LogP) is 2.66. The van der Waals surface area contributed by atoms with Crippen LogP contribution in [-0.4, -0.2) is 24.8 Å². The molecule has 0 saturated carbocycles. The number of anilines is 1. The summed E-state index contributed by atoms with van der Waals surface area (Å²) in [5.74, 6) is -0.390. The maximum Gasteiger partial charge on any atom is 0.329 e. The highest BCUT2D eigenvalue weighted by Gasteiger charge is 2.15. The molecule has 7 heteroatoms. The first-order chi connectivity index (χ1) is 13.2. The lowest BCUT2D eigenvalue weighted by atomic mass is 10.1. The van der Waals surface area contributed by atoms with Crippen LogP contribution in [0.2, 0.25) is 0 Å². The molecule has 0 radical (unpaired) electrons. The minimum Gasteiger partial charge on any atom is -0.454 e. The predicted molar refractivity (Wildman–Crippen MR) is 101 cm³/mol. The van der Waals surface area contributed by atoms with Crippen molar-refractivity contribution in [1.29, 1.82) is 0 Å². The lowest BCUT2D eigenvalue weighted by molar-refractivity contribution is -0.136. The Kier molecular flexibility index (Phi) is 4.40. The molecular formula is C20H15N3O4. The molecule has 0 unspecified atom stereocenters. The Hall–Kier alpha value is -3.87. The van der Waals surface area contributed by atoms with Crippen LogP contribution >= 0.6 is 0 Å². The second-order valence-corrected chi connectivity index (χ2v) is 5.79. The fraction of sp³-hybridized carbons (Fsp3) is 0.0500. The lowest BCUT2D eigenvalue weighted by Crippen LogP contribution is -2.32. The van der Waals surface area contributed by atoms with Gasteiger partial charge in [0.05, 0.1) is 6.21 Å². The fourth-order valence-corrected chi connectivity index (χ4v) is 2.72. The van der Waals surface area contributed by atoms with Crippen molar-refractivity contribution in [1.82, 2.24) is 5.43 Å². The number of carbonyl (C=O) groups is 2. The molecule has 4 rings (SSSR count). The normalized spacial score (nSPS) is 12.3. The summed E-state index contributed by atoms with van der Waals surface area (Å²) in [5.41, 5.74) is 3.48. The van der Waals surface area contributed by atoms with Crippen LogP contribution in [0.3, 0.4) is 0 Å². The summed E-state index contributed by atoms with van der Waals surface area (Å²) in [4.78, 5) is 24.1. The zero-order valence-electron chi connectivity index (χ0n) is 14.1. The number of hydrogen-bond acceptors (Lipinski definition) is 5. The zero-order valence-corrected chi connectivity index (χ0v) is 14.1. The Labute approximate surface area is 154 Å². The second-order valence-electron chi connectivity index (χ2n) is 5.79. The van der Waals surface area contributed by atoms with Gasteiger partial charge in [-0.15, -0.1) is 0 Å². The van der Waals surface area contributed by atoms with Crippen molar-refractivity contribution in [2.75, 3.05) is 12.1 Å². The topological polar surface area (TPSA) is 89.0 Å². The Morgan fingerprint density at radius 3 is 2.67 bits per heavy atom. The van der Waals surface area contributed by atoms with Gasteiger partial charge < -0.3 is 14.8 Å². The maximum absolute atomic E-state index is 12.1.